The summed E-state index contributed by atoms with van der Waals surface area (Å²) in [7, 11) is 0. The van der Waals surface area contributed by atoms with E-state index >= 15 is 0 Å². The first-order valence-electron chi connectivity index (χ1n) is 8.06. The topological polar surface area (TPSA) is 86.0 Å². The van der Waals surface area contributed by atoms with Gasteiger partial charge >= 0.3 is 0 Å². The molecule has 4 rings (SSSR count). The standard InChI is InChI=1S/C18H15N5O2S2/c1-12-9-27-18(21-12)22-17-15(25-13-5-3-2-4-6-13)7-14(8-19-17)26-10-16-20-11-24-23-16/h2-9,11H,10H2,1H3,(H,19,21,22). The van der Waals surface area contributed by atoms with Crippen molar-refractivity contribution < 1.29 is 9.26 Å². The van der Waals surface area contributed by atoms with E-state index in [1.165, 1.54) is 17.7 Å². The van der Waals surface area contributed by atoms with E-state index in [1.54, 1.807) is 18.0 Å². The molecule has 136 valence electrons. The van der Waals surface area contributed by atoms with Crippen LogP contribution in [0.25, 0.3) is 0 Å². The summed E-state index contributed by atoms with van der Waals surface area (Å²) >= 11 is 3.08. The normalized spacial score (nSPS) is 10.7. The Bertz CT molecular complexity index is 1010. The lowest BCUT2D eigenvalue weighted by Gasteiger charge is -2.12. The maximum Gasteiger partial charge on any atom is 0.213 e. The van der Waals surface area contributed by atoms with E-state index < -0.39 is 0 Å². The molecule has 0 saturated heterocycles. The van der Waals surface area contributed by atoms with Gasteiger partial charge in [-0.25, -0.2) is 9.97 Å². The summed E-state index contributed by atoms with van der Waals surface area (Å²) in [6.07, 6.45) is 3.10. The Balaban J connectivity index is 1.58. The van der Waals surface area contributed by atoms with Crippen LogP contribution in [0.3, 0.4) is 0 Å². The van der Waals surface area contributed by atoms with Crippen LogP contribution in [-0.4, -0.2) is 20.1 Å². The third kappa shape index (κ3) is 4.63. The van der Waals surface area contributed by atoms with Crippen molar-refractivity contribution in [2.24, 2.45) is 0 Å². The molecule has 3 heterocycles. The first-order chi connectivity index (χ1) is 13.3. The Kier molecular flexibility index (Phi) is 5.31. The zero-order valence-electron chi connectivity index (χ0n) is 14.3. The van der Waals surface area contributed by atoms with Gasteiger partial charge in [-0.05, 0) is 25.1 Å². The minimum absolute atomic E-state index is 0.585. The molecule has 0 aliphatic heterocycles. The van der Waals surface area contributed by atoms with Crippen LogP contribution in [-0.2, 0) is 5.75 Å². The average Bonchev–Trinajstić information content (AvgIpc) is 3.34. The van der Waals surface area contributed by atoms with Crippen molar-refractivity contribution >= 4 is 34.0 Å². The highest BCUT2D eigenvalue weighted by Crippen LogP contribution is 2.34. The Morgan fingerprint density at radius 2 is 2.11 bits per heavy atom. The van der Waals surface area contributed by atoms with Crippen molar-refractivity contribution in [2.75, 3.05) is 5.32 Å². The quantitative estimate of drug-likeness (QED) is 0.433. The summed E-state index contributed by atoms with van der Waals surface area (Å²) < 4.78 is 10.8. The highest BCUT2D eigenvalue weighted by atomic mass is 32.2. The van der Waals surface area contributed by atoms with Gasteiger partial charge in [0.25, 0.3) is 0 Å². The Morgan fingerprint density at radius 3 is 2.85 bits per heavy atom. The summed E-state index contributed by atoms with van der Waals surface area (Å²) in [5, 5.41) is 9.80. The number of benzene rings is 1. The number of hydrogen-bond donors (Lipinski definition) is 1. The molecule has 0 bridgehead atoms. The SMILES string of the molecule is Cc1csc(Nc2ncc(SCc3ncon3)cc2Oc2ccccc2)n1. The average molecular weight is 397 g/mol. The Morgan fingerprint density at radius 1 is 1.22 bits per heavy atom. The summed E-state index contributed by atoms with van der Waals surface area (Å²) in [6, 6.07) is 11.5. The molecule has 0 unspecified atom stereocenters. The maximum atomic E-state index is 6.05. The van der Waals surface area contributed by atoms with Crippen LogP contribution in [0.2, 0.25) is 0 Å². The number of nitrogens with zero attached hydrogens (tertiary/aromatic N) is 4. The molecule has 0 aliphatic rings. The molecule has 7 nitrogen and oxygen atoms in total. The Hall–Kier alpha value is -2.91. The molecule has 0 fully saturated rings. The number of thiazole rings is 1. The van der Waals surface area contributed by atoms with E-state index in [0.717, 1.165) is 21.5 Å². The van der Waals surface area contributed by atoms with Crippen molar-refractivity contribution in [1.29, 1.82) is 0 Å². The zero-order valence-corrected chi connectivity index (χ0v) is 16.0. The molecule has 3 aromatic heterocycles. The number of thioether (sulfide) groups is 1. The van der Waals surface area contributed by atoms with Crippen LogP contribution in [0.15, 0.2) is 63.8 Å². The predicted molar refractivity (Wildman–Crippen MR) is 105 cm³/mol. The van der Waals surface area contributed by atoms with E-state index in [1.807, 2.05) is 48.7 Å². The zero-order chi connectivity index (χ0) is 18.5. The number of para-hydroxylation sites is 1. The van der Waals surface area contributed by atoms with E-state index in [0.29, 0.717) is 23.1 Å². The van der Waals surface area contributed by atoms with E-state index in [-0.39, 0.29) is 0 Å². The maximum absolute atomic E-state index is 6.05. The summed E-state index contributed by atoms with van der Waals surface area (Å²) in [5.74, 6) is 3.18. The van der Waals surface area contributed by atoms with Crippen molar-refractivity contribution in [1.82, 2.24) is 20.1 Å². The molecule has 0 amide bonds. The Labute approximate surface area is 163 Å². The first-order valence-corrected chi connectivity index (χ1v) is 9.93. The second-order valence-electron chi connectivity index (χ2n) is 5.49. The third-order valence-electron chi connectivity index (χ3n) is 3.42. The molecule has 9 heteroatoms. The van der Waals surface area contributed by atoms with Crippen LogP contribution >= 0.6 is 23.1 Å². The molecular formula is C18H15N5O2S2. The molecule has 0 spiro atoms. The minimum Gasteiger partial charge on any atom is -0.453 e. The van der Waals surface area contributed by atoms with Gasteiger partial charge in [-0.2, -0.15) is 4.98 Å². The van der Waals surface area contributed by atoms with E-state index in [9.17, 15) is 0 Å². The van der Waals surface area contributed by atoms with Gasteiger partial charge in [0.2, 0.25) is 6.39 Å². The number of hydrogen-bond acceptors (Lipinski definition) is 9. The van der Waals surface area contributed by atoms with Crippen LogP contribution < -0.4 is 10.1 Å². The second kappa shape index (κ2) is 8.19. The number of aromatic nitrogens is 4. The number of aryl methyl sites for hydroxylation is 1. The molecule has 0 aliphatic carbocycles. The number of pyridine rings is 1. The molecule has 27 heavy (non-hydrogen) atoms. The van der Waals surface area contributed by atoms with Crippen molar-refractivity contribution in [3.05, 3.63) is 65.9 Å². The fraction of sp³-hybridized carbons (Fsp3) is 0.111. The van der Waals surface area contributed by atoms with Crippen molar-refractivity contribution in [3.63, 3.8) is 0 Å². The molecule has 1 N–H and O–H groups in total. The highest BCUT2D eigenvalue weighted by Gasteiger charge is 2.12. The van der Waals surface area contributed by atoms with Crippen LogP contribution in [0.4, 0.5) is 10.9 Å². The van der Waals surface area contributed by atoms with Crippen molar-refractivity contribution in [3.8, 4) is 11.5 Å². The summed E-state index contributed by atoms with van der Waals surface area (Å²) in [5.41, 5.74) is 0.959. The second-order valence-corrected chi connectivity index (χ2v) is 7.39. The van der Waals surface area contributed by atoms with Gasteiger partial charge in [-0.1, -0.05) is 23.4 Å². The summed E-state index contributed by atoms with van der Waals surface area (Å²) in [4.78, 5) is 13.9. The number of anilines is 2. The monoisotopic (exact) mass is 397 g/mol. The minimum atomic E-state index is 0.585. The third-order valence-corrected chi connectivity index (χ3v) is 5.25. The molecule has 0 radical (unpaired) electrons. The summed E-state index contributed by atoms with van der Waals surface area (Å²) in [6.45, 7) is 1.95. The molecule has 4 aromatic rings. The smallest absolute Gasteiger partial charge is 0.213 e. The van der Waals surface area contributed by atoms with Gasteiger partial charge in [0.1, 0.15) is 5.75 Å². The molecule has 0 saturated carbocycles. The molecule has 0 atom stereocenters. The highest BCUT2D eigenvalue weighted by molar-refractivity contribution is 7.98. The van der Waals surface area contributed by atoms with Crippen LogP contribution in [0.1, 0.15) is 11.5 Å². The predicted octanol–water partition coefficient (Wildman–Crippen LogP) is 5.06. The van der Waals surface area contributed by atoms with Gasteiger partial charge in [-0.3, -0.25) is 0 Å². The fourth-order valence-corrected chi connectivity index (χ4v) is 3.64. The van der Waals surface area contributed by atoms with E-state index in [2.05, 4.69) is 25.4 Å². The number of rotatable bonds is 7. The van der Waals surface area contributed by atoms with E-state index in [4.69, 9.17) is 9.26 Å². The lowest BCUT2D eigenvalue weighted by molar-refractivity contribution is 0.412. The van der Waals surface area contributed by atoms with Crippen molar-refractivity contribution in [2.45, 2.75) is 17.6 Å². The molecular weight excluding hydrogens is 382 g/mol. The molecule has 1 aromatic carbocycles. The lowest BCUT2D eigenvalue weighted by atomic mass is 10.3. The van der Waals surface area contributed by atoms with Gasteiger partial charge in [-0.15, -0.1) is 23.1 Å². The van der Waals surface area contributed by atoms with Gasteiger partial charge in [0.15, 0.2) is 22.5 Å². The van der Waals surface area contributed by atoms with Crippen LogP contribution in [0.5, 0.6) is 11.5 Å². The van der Waals surface area contributed by atoms with Gasteiger partial charge in [0, 0.05) is 16.5 Å². The van der Waals surface area contributed by atoms with Crippen LogP contribution in [0, 0.1) is 6.92 Å². The number of nitrogens with one attached hydrogen (secondary N) is 1. The lowest BCUT2D eigenvalue weighted by Crippen LogP contribution is -1.98. The fourth-order valence-electron chi connectivity index (χ4n) is 2.21. The van der Waals surface area contributed by atoms with Gasteiger partial charge in [0.05, 0.1) is 11.4 Å². The number of ether oxygens (including phenoxy) is 1. The van der Waals surface area contributed by atoms with Gasteiger partial charge < -0.3 is 14.6 Å². The largest absolute Gasteiger partial charge is 0.453 e. The first kappa shape index (κ1) is 17.5.